The molecule has 5 nitrogen and oxygen atoms in total. The molecule has 0 N–H and O–H groups in total. The zero-order valence-electron chi connectivity index (χ0n) is 12.9. The molecule has 6 heteroatoms. The Labute approximate surface area is 130 Å². The second-order valence-electron chi connectivity index (χ2n) is 6.21. The fourth-order valence-electron chi connectivity index (χ4n) is 1.98. The van der Waals surface area contributed by atoms with Crippen LogP contribution in [0.3, 0.4) is 0 Å². The molecule has 1 aliphatic rings. The molecule has 0 saturated carbocycles. The van der Waals surface area contributed by atoms with Crippen molar-refractivity contribution in [1.82, 2.24) is 9.88 Å². The third-order valence-electron chi connectivity index (χ3n) is 3.20. The lowest BCUT2D eigenvalue weighted by molar-refractivity contribution is -0.0141. The average molecular weight is 313 g/mol. The number of aromatic nitrogens is 1. The smallest absolute Gasteiger partial charge is 0.410 e. The van der Waals surface area contributed by atoms with Crippen LogP contribution < -0.4 is 4.74 Å². The van der Waals surface area contributed by atoms with Gasteiger partial charge in [-0.15, -0.1) is 0 Å². The molecule has 1 fully saturated rings. The van der Waals surface area contributed by atoms with E-state index >= 15 is 0 Å². The van der Waals surface area contributed by atoms with Crippen LogP contribution in [0, 0.1) is 6.92 Å². The molecule has 1 amide bonds. The van der Waals surface area contributed by atoms with E-state index < -0.39 is 5.60 Å². The van der Waals surface area contributed by atoms with Crippen LogP contribution in [0.5, 0.6) is 5.75 Å². The van der Waals surface area contributed by atoms with Crippen LogP contribution in [0.1, 0.15) is 32.8 Å². The first-order valence-electron chi connectivity index (χ1n) is 7.01. The van der Waals surface area contributed by atoms with Crippen molar-refractivity contribution in [2.24, 2.45) is 0 Å². The summed E-state index contributed by atoms with van der Waals surface area (Å²) < 4.78 is 11.0. The van der Waals surface area contributed by atoms with E-state index in [1.54, 1.807) is 11.1 Å². The minimum absolute atomic E-state index is 0.0517. The van der Waals surface area contributed by atoms with Crippen molar-refractivity contribution in [2.45, 2.75) is 45.8 Å². The van der Waals surface area contributed by atoms with Gasteiger partial charge in [-0.1, -0.05) is 11.6 Å². The Morgan fingerprint density at radius 1 is 1.52 bits per heavy atom. The van der Waals surface area contributed by atoms with E-state index in [4.69, 9.17) is 21.1 Å². The Morgan fingerprint density at radius 3 is 2.76 bits per heavy atom. The molecule has 0 bridgehead atoms. The molecule has 1 atom stereocenters. The highest BCUT2D eigenvalue weighted by molar-refractivity contribution is 6.30. The van der Waals surface area contributed by atoms with Gasteiger partial charge in [0.15, 0.2) is 0 Å². The van der Waals surface area contributed by atoms with E-state index in [-0.39, 0.29) is 12.1 Å². The van der Waals surface area contributed by atoms with E-state index in [9.17, 15) is 4.79 Å². The summed E-state index contributed by atoms with van der Waals surface area (Å²) >= 11 is 5.87. The number of carbonyl (C=O) groups excluding carboxylic acids is 1. The molecule has 2 rings (SSSR count). The molecule has 0 aromatic carbocycles. The van der Waals surface area contributed by atoms with Crippen LogP contribution in [0.4, 0.5) is 4.79 Å². The van der Waals surface area contributed by atoms with Crippen LogP contribution >= 0.6 is 11.6 Å². The fraction of sp³-hybridized carbons (Fsp3) is 0.600. The lowest BCUT2D eigenvalue weighted by atomic mass is 10.1. The summed E-state index contributed by atoms with van der Waals surface area (Å²) in [4.78, 5) is 17.7. The molecule has 0 radical (unpaired) electrons. The summed E-state index contributed by atoms with van der Waals surface area (Å²) in [6.45, 7) is 8.59. The van der Waals surface area contributed by atoms with E-state index in [2.05, 4.69) is 4.98 Å². The Bertz CT molecular complexity index is 528. The van der Waals surface area contributed by atoms with Crippen molar-refractivity contribution in [3.05, 3.63) is 23.0 Å². The number of amides is 1. The standard InChI is InChI=1S/C15H21ClN2O3/c1-10-7-12(8-17-13(10)16)20-9-11-5-6-18(11)14(19)21-15(2,3)4/h7-8,11H,5-6,9H2,1-4H3/t11-/m0/s1. The number of halogens is 1. The zero-order chi connectivity index (χ0) is 15.6. The summed E-state index contributed by atoms with van der Waals surface area (Å²) in [5.41, 5.74) is 0.390. The summed E-state index contributed by atoms with van der Waals surface area (Å²) in [7, 11) is 0. The maximum Gasteiger partial charge on any atom is 0.410 e. The molecule has 1 aromatic heterocycles. The first-order valence-corrected chi connectivity index (χ1v) is 7.38. The van der Waals surface area contributed by atoms with Crippen molar-refractivity contribution in [1.29, 1.82) is 0 Å². The van der Waals surface area contributed by atoms with Gasteiger partial charge in [-0.05, 0) is 45.7 Å². The molecule has 0 aliphatic carbocycles. The highest BCUT2D eigenvalue weighted by atomic mass is 35.5. The molecule has 0 spiro atoms. The lowest BCUT2D eigenvalue weighted by Crippen LogP contribution is -2.55. The van der Waals surface area contributed by atoms with Crippen molar-refractivity contribution in [2.75, 3.05) is 13.2 Å². The summed E-state index contributed by atoms with van der Waals surface area (Å²) in [5.74, 6) is 0.660. The molecule has 21 heavy (non-hydrogen) atoms. The van der Waals surface area contributed by atoms with Crippen molar-refractivity contribution >= 4 is 17.7 Å². The van der Waals surface area contributed by atoms with Gasteiger partial charge in [-0.2, -0.15) is 0 Å². The number of hydrogen-bond donors (Lipinski definition) is 0. The Hall–Kier alpha value is -1.49. The van der Waals surface area contributed by atoms with Crippen LogP contribution in [0.15, 0.2) is 12.3 Å². The van der Waals surface area contributed by atoms with Crippen molar-refractivity contribution in [3.63, 3.8) is 0 Å². The second kappa shape index (κ2) is 6.10. The Balaban J connectivity index is 1.86. The molecule has 1 saturated heterocycles. The van der Waals surface area contributed by atoms with Gasteiger partial charge in [-0.3, -0.25) is 0 Å². The van der Waals surface area contributed by atoms with E-state index in [0.29, 0.717) is 24.1 Å². The van der Waals surface area contributed by atoms with Gasteiger partial charge in [0.2, 0.25) is 0 Å². The predicted molar refractivity (Wildman–Crippen MR) is 80.8 cm³/mol. The first-order chi connectivity index (χ1) is 9.76. The maximum absolute atomic E-state index is 12.0. The third kappa shape index (κ3) is 4.24. The topological polar surface area (TPSA) is 51.7 Å². The molecule has 1 aliphatic heterocycles. The third-order valence-corrected chi connectivity index (χ3v) is 3.60. The quantitative estimate of drug-likeness (QED) is 0.802. The van der Waals surface area contributed by atoms with E-state index in [0.717, 1.165) is 12.0 Å². The maximum atomic E-state index is 12.0. The minimum Gasteiger partial charge on any atom is -0.490 e. The monoisotopic (exact) mass is 312 g/mol. The Kier molecular flexibility index (Phi) is 4.61. The van der Waals surface area contributed by atoms with Crippen LogP contribution in [-0.2, 0) is 4.74 Å². The molecule has 0 unspecified atom stereocenters. The number of likely N-dealkylation sites (tertiary alicyclic amines) is 1. The van der Waals surface area contributed by atoms with Crippen molar-refractivity contribution < 1.29 is 14.3 Å². The average Bonchev–Trinajstić information content (AvgIpc) is 2.30. The molecule has 116 valence electrons. The number of aryl methyl sites for hydroxylation is 1. The largest absolute Gasteiger partial charge is 0.490 e. The molecule has 2 heterocycles. The van der Waals surface area contributed by atoms with Gasteiger partial charge in [0.05, 0.1) is 12.2 Å². The van der Waals surface area contributed by atoms with E-state index in [1.807, 2.05) is 33.8 Å². The second-order valence-corrected chi connectivity index (χ2v) is 6.56. The normalized spacial score (nSPS) is 18.1. The lowest BCUT2D eigenvalue weighted by Gasteiger charge is -2.40. The van der Waals surface area contributed by atoms with Gasteiger partial charge in [-0.25, -0.2) is 9.78 Å². The number of nitrogens with zero attached hydrogens (tertiary/aromatic N) is 2. The predicted octanol–water partition coefficient (Wildman–Crippen LogP) is 3.43. The number of ether oxygens (including phenoxy) is 2. The van der Waals surface area contributed by atoms with Crippen LogP contribution in [-0.4, -0.2) is 40.8 Å². The minimum atomic E-state index is -0.477. The summed E-state index contributed by atoms with van der Waals surface area (Å²) in [5, 5.41) is 0.473. The van der Waals surface area contributed by atoms with Crippen LogP contribution in [0.2, 0.25) is 5.15 Å². The number of pyridine rings is 1. The van der Waals surface area contributed by atoms with Gasteiger partial charge >= 0.3 is 6.09 Å². The fourth-order valence-corrected chi connectivity index (χ4v) is 2.08. The van der Waals surface area contributed by atoms with Gasteiger partial charge in [0.25, 0.3) is 0 Å². The highest BCUT2D eigenvalue weighted by Gasteiger charge is 2.35. The molecule has 1 aromatic rings. The zero-order valence-corrected chi connectivity index (χ0v) is 13.6. The molecular weight excluding hydrogens is 292 g/mol. The van der Waals surface area contributed by atoms with Crippen molar-refractivity contribution in [3.8, 4) is 5.75 Å². The highest BCUT2D eigenvalue weighted by Crippen LogP contribution is 2.23. The Morgan fingerprint density at radius 2 is 2.24 bits per heavy atom. The van der Waals surface area contributed by atoms with E-state index in [1.165, 1.54) is 0 Å². The van der Waals surface area contributed by atoms with Gasteiger partial charge in [0, 0.05) is 6.54 Å². The number of carbonyl (C=O) groups is 1. The first kappa shape index (κ1) is 15.9. The summed E-state index contributed by atoms with van der Waals surface area (Å²) in [6, 6.07) is 1.89. The summed E-state index contributed by atoms with van der Waals surface area (Å²) in [6.07, 6.45) is 2.22. The van der Waals surface area contributed by atoms with Gasteiger partial charge < -0.3 is 14.4 Å². The van der Waals surface area contributed by atoms with Gasteiger partial charge in [0.1, 0.15) is 23.1 Å². The SMILES string of the molecule is Cc1cc(OC[C@@H]2CCN2C(=O)OC(C)(C)C)cnc1Cl. The number of hydrogen-bond acceptors (Lipinski definition) is 4. The molecular formula is C15H21ClN2O3. The van der Waals surface area contributed by atoms with Crippen LogP contribution in [0.25, 0.3) is 0 Å². The number of rotatable bonds is 3.